The molecule has 1 atom stereocenters. The van der Waals surface area contributed by atoms with E-state index >= 15 is 0 Å². The molecule has 0 saturated carbocycles. The molecule has 0 aromatic carbocycles. The highest BCUT2D eigenvalue weighted by Gasteiger charge is 2.20. The van der Waals surface area contributed by atoms with Crippen LogP contribution < -0.4 is 5.32 Å². The zero-order valence-electron chi connectivity index (χ0n) is 6.44. The van der Waals surface area contributed by atoms with E-state index in [0.717, 1.165) is 31.1 Å². The van der Waals surface area contributed by atoms with Crippen molar-refractivity contribution in [1.29, 1.82) is 0 Å². The quantitative estimate of drug-likeness (QED) is 0.583. The van der Waals surface area contributed by atoms with Gasteiger partial charge in [-0.25, -0.2) is 0 Å². The van der Waals surface area contributed by atoms with Crippen molar-refractivity contribution in [2.45, 2.75) is 25.8 Å². The summed E-state index contributed by atoms with van der Waals surface area (Å²) in [6.07, 6.45) is 2.02. The first-order valence-electron chi connectivity index (χ1n) is 3.97. The Morgan fingerprint density at radius 1 is 1.70 bits per heavy atom. The van der Waals surface area contributed by atoms with Crippen molar-refractivity contribution in [1.82, 2.24) is 10.4 Å². The fourth-order valence-corrected chi connectivity index (χ4v) is 1.31. The fourth-order valence-electron chi connectivity index (χ4n) is 1.31. The molecule has 1 heterocycles. The summed E-state index contributed by atoms with van der Waals surface area (Å²) in [5.74, 6) is 0. The zero-order chi connectivity index (χ0) is 7.40. The summed E-state index contributed by atoms with van der Waals surface area (Å²) >= 11 is 0. The molecule has 0 aliphatic carbocycles. The molecule has 0 spiro atoms. The largest absolute Gasteiger partial charge is 0.314 e. The van der Waals surface area contributed by atoms with Gasteiger partial charge in [0.25, 0.3) is 0 Å². The molecular weight excluding hydrogens is 131 g/mol. The Bertz CT molecular complexity index is 95.6. The first-order valence-corrected chi connectivity index (χ1v) is 3.97. The van der Waals surface area contributed by atoms with Crippen LogP contribution in [-0.2, 0) is 0 Å². The fraction of sp³-hybridized carbons (Fsp3) is 1.00. The summed E-state index contributed by atoms with van der Waals surface area (Å²) in [7, 11) is 0. The number of hydrogen-bond donors (Lipinski definition) is 1. The van der Waals surface area contributed by atoms with Gasteiger partial charge in [-0.1, -0.05) is 13.3 Å². The van der Waals surface area contributed by atoms with Gasteiger partial charge < -0.3 is 5.32 Å². The SMILES string of the molecule is CCCC1CNCCN1F. The zero-order valence-corrected chi connectivity index (χ0v) is 6.44. The molecule has 1 aliphatic rings. The molecule has 1 rings (SSSR count). The van der Waals surface area contributed by atoms with E-state index in [1.807, 2.05) is 0 Å². The Kier molecular flexibility index (Phi) is 3.09. The molecule has 1 fully saturated rings. The van der Waals surface area contributed by atoms with E-state index in [1.165, 1.54) is 0 Å². The van der Waals surface area contributed by atoms with Crippen molar-refractivity contribution in [2.75, 3.05) is 19.6 Å². The van der Waals surface area contributed by atoms with E-state index in [-0.39, 0.29) is 6.04 Å². The highest BCUT2D eigenvalue weighted by Crippen LogP contribution is 2.08. The normalized spacial score (nSPS) is 28.8. The molecule has 0 radical (unpaired) electrons. The van der Waals surface area contributed by atoms with Crippen LogP contribution in [-0.4, -0.2) is 30.8 Å². The summed E-state index contributed by atoms with van der Waals surface area (Å²) in [5, 5.41) is 4.13. The lowest BCUT2D eigenvalue weighted by Crippen LogP contribution is -2.47. The first-order chi connectivity index (χ1) is 4.84. The van der Waals surface area contributed by atoms with Crippen molar-refractivity contribution < 1.29 is 4.48 Å². The standard InChI is InChI=1S/C7H15FN2/c1-2-3-7-6-9-4-5-10(7)8/h7,9H,2-6H2,1H3. The maximum absolute atomic E-state index is 12.8. The summed E-state index contributed by atoms with van der Waals surface area (Å²) in [6.45, 7) is 4.23. The Morgan fingerprint density at radius 3 is 3.10 bits per heavy atom. The minimum absolute atomic E-state index is 0.124. The van der Waals surface area contributed by atoms with Crippen molar-refractivity contribution in [3.05, 3.63) is 0 Å². The molecule has 0 amide bonds. The van der Waals surface area contributed by atoms with Gasteiger partial charge in [0.2, 0.25) is 0 Å². The highest BCUT2D eigenvalue weighted by molar-refractivity contribution is 4.73. The van der Waals surface area contributed by atoms with Crippen LogP contribution in [0.4, 0.5) is 4.48 Å². The molecule has 1 aliphatic heterocycles. The van der Waals surface area contributed by atoms with E-state index in [9.17, 15) is 4.48 Å². The van der Waals surface area contributed by atoms with Gasteiger partial charge >= 0.3 is 0 Å². The molecule has 0 aromatic heterocycles. The smallest absolute Gasteiger partial charge is 0.0527 e. The Morgan fingerprint density at radius 2 is 2.50 bits per heavy atom. The summed E-state index contributed by atoms with van der Waals surface area (Å²) in [6, 6.07) is 0.124. The molecule has 2 nitrogen and oxygen atoms in total. The third-order valence-corrected chi connectivity index (χ3v) is 1.90. The van der Waals surface area contributed by atoms with Gasteiger partial charge in [0.1, 0.15) is 0 Å². The molecular formula is C7H15FN2. The van der Waals surface area contributed by atoms with Crippen LogP contribution in [0.15, 0.2) is 0 Å². The van der Waals surface area contributed by atoms with Crippen molar-refractivity contribution in [2.24, 2.45) is 0 Å². The lowest BCUT2D eigenvalue weighted by Gasteiger charge is -2.28. The molecule has 0 bridgehead atoms. The molecule has 10 heavy (non-hydrogen) atoms. The van der Waals surface area contributed by atoms with E-state index < -0.39 is 0 Å². The van der Waals surface area contributed by atoms with Crippen molar-refractivity contribution in [3.63, 3.8) is 0 Å². The highest BCUT2D eigenvalue weighted by atomic mass is 19.2. The monoisotopic (exact) mass is 146 g/mol. The van der Waals surface area contributed by atoms with Crippen LogP contribution in [0.25, 0.3) is 0 Å². The minimum atomic E-state index is 0.124. The number of nitrogens with zero attached hydrogens (tertiary/aromatic N) is 1. The number of halogens is 1. The maximum Gasteiger partial charge on any atom is 0.0527 e. The van der Waals surface area contributed by atoms with Crippen LogP contribution in [0.5, 0.6) is 0 Å². The van der Waals surface area contributed by atoms with Gasteiger partial charge in [0.15, 0.2) is 0 Å². The van der Waals surface area contributed by atoms with Gasteiger partial charge in [0, 0.05) is 19.6 Å². The van der Waals surface area contributed by atoms with Crippen molar-refractivity contribution in [3.8, 4) is 0 Å². The van der Waals surface area contributed by atoms with Crippen LogP contribution in [0, 0.1) is 0 Å². The van der Waals surface area contributed by atoms with Crippen molar-refractivity contribution >= 4 is 0 Å². The van der Waals surface area contributed by atoms with E-state index in [4.69, 9.17) is 0 Å². The Hall–Kier alpha value is -0.150. The van der Waals surface area contributed by atoms with Gasteiger partial charge in [-0.3, -0.25) is 0 Å². The number of nitrogens with one attached hydrogen (secondary N) is 1. The average molecular weight is 146 g/mol. The molecule has 1 saturated heterocycles. The van der Waals surface area contributed by atoms with Crippen LogP contribution >= 0.6 is 0 Å². The average Bonchev–Trinajstić information content (AvgIpc) is 1.94. The van der Waals surface area contributed by atoms with Gasteiger partial charge in [-0.05, 0) is 6.42 Å². The number of piperazine rings is 1. The predicted octanol–water partition coefficient (Wildman–Crippen LogP) is 0.945. The third kappa shape index (κ3) is 1.92. The molecule has 60 valence electrons. The summed E-state index contributed by atoms with van der Waals surface area (Å²) < 4.78 is 12.8. The summed E-state index contributed by atoms with van der Waals surface area (Å²) in [5.41, 5.74) is 0. The maximum atomic E-state index is 12.8. The lowest BCUT2D eigenvalue weighted by molar-refractivity contribution is -0.0393. The lowest BCUT2D eigenvalue weighted by atomic mass is 10.1. The third-order valence-electron chi connectivity index (χ3n) is 1.90. The van der Waals surface area contributed by atoms with Gasteiger partial charge in [-0.2, -0.15) is 0 Å². The molecule has 0 aromatic rings. The van der Waals surface area contributed by atoms with Crippen LogP contribution in [0.1, 0.15) is 19.8 Å². The van der Waals surface area contributed by atoms with Gasteiger partial charge in [-0.15, -0.1) is 9.60 Å². The van der Waals surface area contributed by atoms with E-state index in [1.54, 1.807) is 0 Å². The molecule has 1 unspecified atom stereocenters. The number of hydrogen-bond acceptors (Lipinski definition) is 2. The Labute approximate surface area is 61.3 Å². The molecule has 3 heteroatoms. The second-order valence-corrected chi connectivity index (χ2v) is 2.77. The summed E-state index contributed by atoms with van der Waals surface area (Å²) in [4.78, 5) is 0. The topological polar surface area (TPSA) is 15.3 Å². The predicted molar refractivity (Wildman–Crippen MR) is 39.4 cm³/mol. The van der Waals surface area contributed by atoms with E-state index in [0.29, 0.717) is 6.54 Å². The number of rotatable bonds is 2. The van der Waals surface area contributed by atoms with Crippen LogP contribution in [0.2, 0.25) is 0 Å². The van der Waals surface area contributed by atoms with Gasteiger partial charge in [0.05, 0.1) is 6.04 Å². The minimum Gasteiger partial charge on any atom is -0.314 e. The van der Waals surface area contributed by atoms with E-state index in [2.05, 4.69) is 12.2 Å². The second-order valence-electron chi connectivity index (χ2n) is 2.77. The Balaban J connectivity index is 2.25. The molecule has 1 N–H and O–H groups in total. The van der Waals surface area contributed by atoms with Crippen LogP contribution in [0.3, 0.4) is 0 Å². The first kappa shape index (κ1) is 7.95. The second kappa shape index (κ2) is 3.88.